The molecule has 3 heterocycles. The highest BCUT2D eigenvalue weighted by molar-refractivity contribution is 5.99. The van der Waals surface area contributed by atoms with E-state index in [-0.39, 0.29) is 29.0 Å². The number of ether oxygens (including phenoxy) is 1. The fourth-order valence-corrected chi connectivity index (χ4v) is 5.95. The summed E-state index contributed by atoms with van der Waals surface area (Å²) in [7, 11) is 0. The average molecular weight is 595 g/mol. The van der Waals surface area contributed by atoms with Gasteiger partial charge in [-0.05, 0) is 77.0 Å². The Kier molecular flexibility index (Phi) is 11.2. The SMILES string of the molecule is CCn1nc(C(=O)NCCCC[C@@H]2NC(=O)c3ccccc3OCC3(CCCCNC2=O)CCN(C(C)=O)CC3)cc1C. The number of nitrogens with one attached hydrogen (secondary N) is 3. The van der Waals surface area contributed by atoms with Gasteiger partial charge in [-0.2, -0.15) is 5.10 Å². The van der Waals surface area contributed by atoms with E-state index in [1.807, 2.05) is 24.8 Å². The second-order valence-corrected chi connectivity index (χ2v) is 11.8. The quantitative estimate of drug-likeness (QED) is 0.422. The number of carbonyl (C=O) groups excluding carboxylic acids is 4. The summed E-state index contributed by atoms with van der Waals surface area (Å²) in [6, 6.07) is 8.20. The minimum atomic E-state index is -0.704. The fourth-order valence-electron chi connectivity index (χ4n) is 5.95. The van der Waals surface area contributed by atoms with Gasteiger partial charge in [-0.25, -0.2) is 0 Å². The van der Waals surface area contributed by atoms with Crippen molar-refractivity contribution in [3.8, 4) is 5.75 Å². The van der Waals surface area contributed by atoms with E-state index in [2.05, 4.69) is 21.0 Å². The van der Waals surface area contributed by atoms with Crippen LogP contribution in [0.3, 0.4) is 0 Å². The highest BCUT2D eigenvalue weighted by Gasteiger charge is 2.36. The van der Waals surface area contributed by atoms with Crippen molar-refractivity contribution in [1.29, 1.82) is 0 Å². The van der Waals surface area contributed by atoms with E-state index in [0.717, 1.165) is 37.8 Å². The van der Waals surface area contributed by atoms with Crippen LogP contribution >= 0.6 is 0 Å². The van der Waals surface area contributed by atoms with Gasteiger partial charge < -0.3 is 25.6 Å². The van der Waals surface area contributed by atoms with Gasteiger partial charge in [0.25, 0.3) is 11.8 Å². The third-order valence-corrected chi connectivity index (χ3v) is 8.71. The van der Waals surface area contributed by atoms with E-state index in [0.29, 0.717) is 75.6 Å². The summed E-state index contributed by atoms with van der Waals surface area (Å²) in [5, 5.41) is 13.2. The molecule has 1 spiro atoms. The van der Waals surface area contributed by atoms with E-state index in [4.69, 9.17) is 4.74 Å². The third-order valence-electron chi connectivity index (χ3n) is 8.71. The molecule has 2 aliphatic heterocycles. The molecule has 1 atom stereocenters. The molecule has 0 unspecified atom stereocenters. The molecule has 2 aromatic rings. The zero-order valence-corrected chi connectivity index (χ0v) is 25.7. The number of fused-ring (bicyclic) bond motifs is 1. The Labute approximate surface area is 254 Å². The summed E-state index contributed by atoms with van der Waals surface area (Å²) >= 11 is 0. The van der Waals surface area contributed by atoms with E-state index < -0.39 is 6.04 Å². The summed E-state index contributed by atoms with van der Waals surface area (Å²) in [5.74, 6) is -0.202. The number of unbranched alkanes of at least 4 members (excludes halogenated alkanes) is 1. The number of benzene rings is 1. The Morgan fingerprint density at radius 3 is 2.60 bits per heavy atom. The van der Waals surface area contributed by atoms with Crippen LogP contribution in [0.5, 0.6) is 5.75 Å². The summed E-state index contributed by atoms with van der Waals surface area (Å²) in [6.07, 6.45) is 6.10. The van der Waals surface area contributed by atoms with Crippen LogP contribution in [-0.2, 0) is 16.1 Å². The summed E-state index contributed by atoms with van der Waals surface area (Å²) < 4.78 is 8.11. The second kappa shape index (κ2) is 15.0. The molecule has 4 amide bonds. The van der Waals surface area contributed by atoms with Crippen molar-refractivity contribution in [2.75, 3.05) is 32.8 Å². The zero-order chi connectivity index (χ0) is 30.8. The number of rotatable bonds is 7. The van der Waals surface area contributed by atoms with E-state index >= 15 is 0 Å². The Balaban J connectivity index is 1.36. The first-order chi connectivity index (χ1) is 20.7. The molecule has 0 aliphatic carbocycles. The molecular formula is C32H46N6O5. The van der Waals surface area contributed by atoms with E-state index in [1.54, 1.807) is 35.9 Å². The summed E-state index contributed by atoms with van der Waals surface area (Å²) in [4.78, 5) is 52.9. The molecule has 0 saturated carbocycles. The number of aryl methyl sites for hydroxylation is 2. The molecular weight excluding hydrogens is 548 g/mol. The predicted molar refractivity (Wildman–Crippen MR) is 163 cm³/mol. The van der Waals surface area contributed by atoms with Crippen molar-refractivity contribution in [3.63, 3.8) is 0 Å². The molecule has 1 aromatic heterocycles. The van der Waals surface area contributed by atoms with Crippen LogP contribution in [0.4, 0.5) is 0 Å². The lowest BCUT2D eigenvalue weighted by Crippen LogP contribution is -2.47. The lowest BCUT2D eigenvalue weighted by atomic mass is 9.75. The molecule has 4 rings (SSSR count). The van der Waals surface area contributed by atoms with Gasteiger partial charge >= 0.3 is 0 Å². The number of nitrogens with zero attached hydrogens (tertiary/aromatic N) is 3. The molecule has 1 saturated heterocycles. The maximum absolute atomic E-state index is 13.4. The fraction of sp³-hybridized carbons (Fsp3) is 0.594. The minimum absolute atomic E-state index is 0.0868. The largest absolute Gasteiger partial charge is 0.492 e. The van der Waals surface area contributed by atoms with Crippen molar-refractivity contribution < 1.29 is 23.9 Å². The van der Waals surface area contributed by atoms with Crippen molar-refractivity contribution in [3.05, 3.63) is 47.3 Å². The van der Waals surface area contributed by atoms with Crippen LogP contribution in [0, 0.1) is 12.3 Å². The molecule has 1 aromatic carbocycles. The van der Waals surface area contributed by atoms with Gasteiger partial charge in [-0.1, -0.05) is 18.6 Å². The maximum atomic E-state index is 13.4. The lowest BCUT2D eigenvalue weighted by molar-refractivity contribution is -0.131. The molecule has 11 nitrogen and oxygen atoms in total. The van der Waals surface area contributed by atoms with Gasteiger partial charge in [-0.15, -0.1) is 0 Å². The van der Waals surface area contributed by atoms with Crippen LogP contribution in [0.2, 0.25) is 0 Å². The number of carbonyl (C=O) groups is 4. The van der Waals surface area contributed by atoms with Gasteiger partial charge in [0.05, 0.1) is 12.2 Å². The first-order valence-electron chi connectivity index (χ1n) is 15.6. The van der Waals surface area contributed by atoms with Gasteiger partial charge in [0.1, 0.15) is 17.5 Å². The number of hydrogen-bond donors (Lipinski definition) is 3. The van der Waals surface area contributed by atoms with E-state index in [1.165, 1.54) is 0 Å². The first kappa shape index (κ1) is 32.0. The van der Waals surface area contributed by atoms with Gasteiger partial charge in [-0.3, -0.25) is 23.9 Å². The molecule has 2 aliphatic rings. The second-order valence-electron chi connectivity index (χ2n) is 11.8. The molecule has 0 radical (unpaired) electrons. The summed E-state index contributed by atoms with van der Waals surface area (Å²) in [6.45, 7) is 9.05. The highest BCUT2D eigenvalue weighted by atomic mass is 16.5. The molecule has 1 fully saturated rings. The monoisotopic (exact) mass is 594 g/mol. The normalized spacial score (nSPS) is 19.4. The maximum Gasteiger partial charge on any atom is 0.271 e. The Morgan fingerprint density at radius 2 is 1.88 bits per heavy atom. The van der Waals surface area contributed by atoms with Gasteiger partial charge in [0.2, 0.25) is 11.8 Å². The van der Waals surface area contributed by atoms with Crippen LogP contribution in [-0.4, -0.2) is 77.1 Å². The molecule has 3 N–H and O–H groups in total. The summed E-state index contributed by atoms with van der Waals surface area (Å²) in [5.41, 5.74) is 1.63. The van der Waals surface area contributed by atoms with Crippen LogP contribution in [0.25, 0.3) is 0 Å². The number of aromatic nitrogens is 2. The van der Waals surface area contributed by atoms with Crippen molar-refractivity contribution in [1.82, 2.24) is 30.6 Å². The number of hydrogen-bond acceptors (Lipinski definition) is 6. The number of piperidine rings is 1. The number of amides is 4. The standard InChI is InChI=1S/C32H46N6O5/c1-4-38-23(2)21-27(36-38)31(42)34-17-9-7-12-26-30(41)33-18-10-8-14-32(15-19-37(20-16-32)24(3)39)22-43-28-13-6-5-11-25(28)29(40)35-26/h5-6,11,13,21,26H,4,7-10,12,14-20,22H2,1-3H3,(H,33,41)(H,34,42)(H,35,40)/t26-/m0/s1. The smallest absolute Gasteiger partial charge is 0.271 e. The highest BCUT2D eigenvalue weighted by Crippen LogP contribution is 2.38. The van der Waals surface area contributed by atoms with Crippen LogP contribution < -0.4 is 20.7 Å². The zero-order valence-electron chi connectivity index (χ0n) is 25.7. The average Bonchev–Trinajstić information content (AvgIpc) is 3.39. The topological polar surface area (TPSA) is 135 Å². The molecule has 11 heteroatoms. The van der Waals surface area contributed by atoms with Crippen molar-refractivity contribution >= 4 is 23.6 Å². The Hall–Kier alpha value is -3.89. The minimum Gasteiger partial charge on any atom is -0.492 e. The van der Waals surface area contributed by atoms with Gasteiger partial charge in [0, 0.05) is 50.8 Å². The molecule has 43 heavy (non-hydrogen) atoms. The number of para-hydroxylation sites is 1. The molecule has 0 bridgehead atoms. The van der Waals surface area contributed by atoms with Crippen LogP contribution in [0.1, 0.15) is 91.8 Å². The van der Waals surface area contributed by atoms with E-state index in [9.17, 15) is 19.2 Å². The van der Waals surface area contributed by atoms with Crippen LogP contribution in [0.15, 0.2) is 30.3 Å². The Bertz CT molecular complexity index is 1280. The number of likely N-dealkylation sites (tertiary alicyclic amines) is 1. The third kappa shape index (κ3) is 8.58. The van der Waals surface area contributed by atoms with Crippen molar-refractivity contribution in [2.45, 2.75) is 84.7 Å². The Morgan fingerprint density at radius 1 is 1.12 bits per heavy atom. The van der Waals surface area contributed by atoms with Gasteiger partial charge in [0.15, 0.2) is 0 Å². The molecule has 234 valence electrons. The predicted octanol–water partition coefficient (Wildman–Crippen LogP) is 3.22. The lowest BCUT2D eigenvalue weighted by Gasteiger charge is -2.41. The first-order valence-corrected chi connectivity index (χ1v) is 15.6. The van der Waals surface area contributed by atoms with Crippen molar-refractivity contribution in [2.24, 2.45) is 5.41 Å².